The van der Waals surface area contributed by atoms with Crippen molar-refractivity contribution in [2.75, 3.05) is 7.05 Å². The molecular weight excluding hydrogens is 262 g/mol. The van der Waals surface area contributed by atoms with Crippen LogP contribution < -0.4 is 5.73 Å². The van der Waals surface area contributed by atoms with E-state index in [1.54, 1.807) is 0 Å². The van der Waals surface area contributed by atoms with Gasteiger partial charge in [0.2, 0.25) is 0 Å². The van der Waals surface area contributed by atoms with Gasteiger partial charge in [0.25, 0.3) is 0 Å². The fourth-order valence-electron chi connectivity index (χ4n) is 3.71. The van der Waals surface area contributed by atoms with Gasteiger partial charge in [0.05, 0.1) is 0 Å². The first-order chi connectivity index (χ1) is 10.1. The topological polar surface area (TPSA) is 50.9 Å². The van der Waals surface area contributed by atoms with Crippen molar-refractivity contribution >= 4 is 5.84 Å². The van der Waals surface area contributed by atoms with E-state index in [1.807, 2.05) is 6.07 Å². The molecule has 2 saturated heterocycles. The number of aryl methyl sites for hydroxylation is 1. The number of amidine groups is 1. The van der Waals surface area contributed by atoms with E-state index in [2.05, 4.69) is 42.2 Å². The van der Waals surface area contributed by atoms with Crippen molar-refractivity contribution in [2.45, 2.75) is 51.3 Å². The first-order valence-corrected chi connectivity index (χ1v) is 7.86. The summed E-state index contributed by atoms with van der Waals surface area (Å²) in [6.45, 7) is 2.57. The third kappa shape index (κ3) is 3.21. The van der Waals surface area contributed by atoms with Crippen LogP contribution in [0.25, 0.3) is 0 Å². The largest absolute Gasteiger partial charge is 0.390 e. The molecule has 2 aliphatic rings. The Morgan fingerprint density at radius 1 is 1.33 bits per heavy atom. The third-order valence-corrected chi connectivity index (χ3v) is 5.00. The normalized spacial score (nSPS) is 29.6. The molecule has 3 rings (SSSR count). The quantitative estimate of drug-likeness (QED) is 0.526. The van der Waals surface area contributed by atoms with E-state index in [0.717, 1.165) is 18.4 Å². The number of oxime groups is 1. The summed E-state index contributed by atoms with van der Waals surface area (Å²) in [6.07, 6.45) is 4.84. The molecule has 2 unspecified atom stereocenters. The number of hydrogen-bond acceptors (Lipinski definition) is 3. The molecule has 2 heterocycles. The van der Waals surface area contributed by atoms with Crippen LogP contribution in [0.5, 0.6) is 0 Å². The number of hydrogen-bond donors (Lipinski definition) is 1. The zero-order chi connectivity index (χ0) is 14.8. The van der Waals surface area contributed by atoms with Gasteiger partial charge in [-0.05, 0) is 45.2 Å². The Bertz CT molecular complexity index is 515. The van der Waals surface area contributed by atoms with E-state index >= 15 is 0 Å². The zero-order valence-corrected chi connectivity index (χ0v) is 13.0. The van der Waals surface area contributed by atoms with Crippen LogP contribution in [0.4, 0.5) is 0 Å². The number of nitrogens with zero attached hydrogens (tertiary/aromatic N) is 2. The molecule has 2 N–H and O–H groups in total. The van der Waals surface area contributed by atoms with Crippen molar-refractivity contribution in [3.8, 4) is 0 Å². The molecule has 0 radical (unpaired) electrons. The van der Waals surface area contributed by atoms with Crippen molar-refractivity contribution in [1.82, 2.24) is 4.90 Å². The van der Waals surface area contributed by atoms with E-state index in [-0.39, 0.29) is 0 Å². The van der Waals surface area contributed by atoms with Gasteiger partial charge in [-0.3, -0.25) is 0 Å². The molecular formula is C17H25N3O. The second-order valence-electron chi connectivity index (χ2n) is 6.50. The molecule has 0 saturated carbocycles. The van der Waals surface area contributed by atoms with Crippen LogP contribution in [0.2, 0.25) is 0 Å². The van der Waals surface area contributed by atoms with Crippen LogP contribution in [-0.2, 0) is 11.4 Å². The molecule has 4 heteroatoms. The maximum atomic E-state index is 6.15. The van der Waals surface area contributed by atoms with Crippen LogP contribution in [0, 0.1) is 12.8 Å². The minimum atomic E-state index is 0.385. The van der Waals surface area contributed by atoms with Crippen LogP contribution >= 0.6 is 0 Å². The van der Waals surface area contributed by atoms with Gasteiger partial charge in [-0.25, -0.2) is 0 Å². The Balaban J connectivity index is 1.54. The summed E-state index contributed by atoms with van der Waals surface area (Å²) < 4.78 is 0. The maximum Gasteiger partial charge on any atom is 0.142 e. The number of nitrogens with two attached hydrogens (primary N) is 1. The van der Waals surface area contributed by atoms with Crippen LogP contribution in [-0.4, -0.2) is 29.9 Å². The minimum absolute atomic E-state index is 0.385. The Morgan fingerprint density at radius 3 is 2.71 bits per heavy atom. The van der Waals surface area contributed by atoms with Gasteiger partial charge >= 0.3 is 0 Å². The molecule has 0 amide bonds. The molecule has 2 aliphatic heterocycles. The average Bonchev–Trinajstić information content (AvgIpc) is 2.69. The highest BCUT2D eigenvalue weighted by Gasteiger charge is 2.39. The summed E-state index contributed by atoms with van der Waals surface area (Å²) in [4.78, 5) is 7.97. The molecule has 114 valence electrons. The maximum absolute atomic E-state index is 6.15. The summed E-state index contributed by atoms with van der Waals surface area (Å²) in [6, 6.07) is 9.64. The second kappa shape index (κ2) is 6.06. The highest BCUT2D eigenvalue weighted by atomic mass is 16.6. The molecule has 0 aliphatic carbocycles. The van der Waals surface area contributed by atoms with E-state index in [0.29, 0.717) is 30.4 Å². The Labute approximate surface area is 126 Å². The SMILES string of the molecule is Cc1cccc(CO/N=C(\N)C2CC3CCC(C2)N3C)c1. The molecule has 2 bridgehead atoms. The van der Waals surface area contributed by atoms with Gasteiger partial charge in [0.1, 0.15) is 12.4 Å². The van der Waals surface area contributed by atoms with Gasteiger partial charge in [0, 0.05) is 18.0 Å². The van der Waals surface area contributed by atoms with Gasteiger partial charge in [-0.15, -0.1) is 0 Å². The Morgan fingerprint density at radius 2 is 2.05 bits per heavy atom. The van der Waals surface area contributed by atoms with Crippen LogP contribution in [0.15, 0.2) is 29.4 Å². The van der Waals surface area contributed by atoms with Crippen molar-refractivity contribution in [3.05, 3.63) is 35.4 Å². The molecule has 21 heavy (non-hydrogen) atoms. The lowest BCUT2D eigenvalue weighted by molar-refractivity contribution is 0.122. The predicted molar refractivity (Wildman–Crippen MR) is 84.9 cm³/mol. The predicted octanol–water partition coefficient (Wildman–Crippen LogP) is 2.66. The lowest BCUT2D eigenvalue weighted by Crippen LogP contribution is -2.43. The number of rotatable bonds is 4. The van der Waals surface area contributed by atoms with E-state index < -0.39 is 0 Å². The summed E-state index contributed by atoms with van der Waals surface area (Å²) in [7, 11) is 2.24. The molecule has 1 aromatic rings. The van der Waals surface area contributed by atoms with Crippen molar-refractivity contribution in [3.63, 3.8) is 0 Å². The van der Waals surface area contributed by atoms with E-state index in [1.165, 1.54) is 18.4 Å². The monoisotopic (exact) mass is 287 g/mol. The lowest BCUT2D eigenvalue weighted by Gasteiger charge is -2.35. The van der Waals surface area contributed by atoms with Gasteiger partial charge in [0.15, 0.2) is 0 Å². The average molecular weight is 287 g/mol. The van der Waals surface area contributed by atoms with E-state index in [9.17, 15) is 0 Å². The zero-order valence-electron chi connectivity index (χ0n) is 13.0. The van der Waals surface area contributed by atoms with Gasteiger partial charge < -0.3 is 15.5 Å². The molecule has 0 aromatic heterocycles. The number of fused-ring (bicyclic) bond motifs is 2. The molecule has 4 nitrogen and oxygen atoms in total. The summed E-state index contributed by atoms with van der Waals surface area (Å²) in [5.41, 5.74) is 8.52. The van der Waals surface area contributed by atoms with Crippen molar-refractivity contribution < 1.29 is 4.84 Å². The Hall–Kier alpha value is -1.55. The lowest BCUT2D eigenvalue weighted by atomic mass is 9.90. The minimum Gasteiger partial charge on any atom is -0.390 e. The standard InChI is InChI=1S/C17H25N3O/c1-12-4-3-5-13(8-12)11-21-19-17(18)14-9-15-6-7-16(10-14)20(15)2/h3-5,8,14-16H,6-7,9-11H2,1-2H3,(H2,18,19). The fourth-order valence-corrected chi connectivity index (χ4v) is 3.71. The number of benzene rings is 1. The highest BCUT2D eigenvalue weighted by molar-refractivity contribution is 5.82. The first kappa shape index (κ1) is 14.4. The third-order valence-electron chi connectivity index (χ3n) is 5.00. The summed E-state index contributed by atoms with van der Waals surface area (Å²) >= 11 is 0. The number of piperidine rings is 1. The van der Waals surface area contributed by atoms with Gasteiger partial charge in [-0.2, -0.15) is 0 Å². The fraction of sp³-hybridized carbons (Fsp3) is 0.588. The first-order valence-electron chi connectivity index (χ1n) is 7.86. The molecule has 2 atom stereocenters. The molecule has 2 fully saturated rings. The van der Waals surface area contributed by atoms with E-state index in [4.69, 9.17) is 10.6 Å². The smallest absolute Gasteiger partial charge is 0.142 e. The van der Waals surface area contributed by atoms with Crippen molar-refractivity contribution in [1.29, 1.82) is 0 Å². The summed E-state index contributed by atoms with van der Waals surface area (Å²) in [5, 5.41) is 4.17. The van der Waals surface area contributed by atoms with Crippen LogP contribution in [0.1, 0.15) is 36.8 Å². The molecule has 0 spiro atoms. The highest BCUT2D eigenvalue weighted by Crippen LogP contribution is 2.37. The van der Waals surface area contributed by atoms with Crippen LogP contribution in [0.3, 0.4) is 0 Å². The van der Waals surface area contributed by atoms with Crippen molar-refractivity contribution in [2.24, 2.45) is 16.8 Å². The second-order valence-corrected chi connectivity index (χ2v) is 6.50. The Kier molecular flexibility index (Phi) is 4.15. The summed E-state index contributed by atoms with van der Waals surface area (Å²) in [5.74, 6) is 1.06. The molecule has 1 aromatic carbocycles. The van der Waals surface area contributed by atoms with Gasteiger partial charge in [-0.1, -0.05) is 35.0 Å².